The zero-order valence-electron chi connectivity index (χ0n) is 11.2. The molecule has 0 amide bonds. The molecule has 0 spiro atoms. The Kier molecular flexibility index (Phi) is 3.90. The minimum atomic E-state index is -1.02. The van der Waals surface area contributed by atoms with Crippen LogP contribution >= 0.6 is 0 Å². The molecule has 1 aromatic rings. The van der Waals surface area contributed by atoms with Crippen molar-refractivity contribution in [2.75, 3.05) is 24.3 Å². The normalized spacial score (nSPS) is 23.4. The average molecular weight is 265 g/mol. The summed E-state index contributed by atoms with van der Waals surface area (Å²) in [5, 5.41) is 8.90. The molecule has 3 N–H and O–H groups in total. The predicted octanol–water partition coefficient (Wildman–Crippen LogP) is 1.37. The minimum Gasteiger partial charge on any atom is -0.478 e. The lowest BCUT2D eigenvalue weighted by molar-refractivity contribution is 0.0696. The first kappa shape index (κ1) is 13.6. The molecular weight excluding hydrogens is 246 g/mol. The topological polar surface area (TPSA) is 88.7 Å². The summed E-state index contributed by atoms with van der Waals surface area (Å²) in [4.78, 5) is 17.2. The molecule has 0 aromatic carbocycles. The Morgan fingerprint density at radius 2 is 2.37 bits per heavy atom. The first-order valence-electron chi connectivity index (χ1n) is 6.31. The number of piperidine rings is 1. The maximum atomic E-state index is 10.9. The van der Waals surface area contributed by atoms with Crippen molar-refractivity contribution in [1.29, 1.82) is 0 Å². The summed E-state index contributed by atoms with van der Waals surface area (Å²) >= 11 is 0. The maximum absolute atomic E-state index is 10.9. The highest BCUT2D eigenvalue weighted by Gasteiger charge is 2.27. The van der Waals surface area contributed by atoms with Crippen LogP contribution in [0.5, 0.6) is 0 Å². The number of hydrogen-bond donors (Lipinski definition) is 2. The van der Waals surface area contributed by atoms with Gasteiger partial charge in [-0.2, -0.15) is 0 Å². The van der Waals surface area contributed by atoms with E-state index >= 15 is 0 Å². The number of aromatic carboxylic acids is 1. The Bertz CT molecular complexity index is 478. The van der Waals surface area contributed by atoms with Crippen LogP contribution in [0.3, 0.4) is 0 Å². The van der Waals surface area contributed by atoms with Crippen molar-refractivity contribution in [3.8, 4) is 0 Å². The van der Waals surface area contributed by atoms with Gasteiger partial charge in [-0.1, -0.05) is 0 Å². The predicted molar refractivity (Wildman–Crippen MR) is 72.4 cm³/mol. The van der Waals surface area contributed by atoms with Gasteiger partial charge in [-0.05, 0) is 25.8 Å². The average Bonchev–Trinajstić information content (AvgIpc) is 2.39. The SMILES string of the molecule is COC1CCN(c2ncc(C(=O)O)cc2N)C(C)C1. The van der Waals surface area contributed by atoms with Crippen LogP contribution in [-0.2, 0) is 4.74 Å². The number of nitrogens with two attached hydrogens (primary N) is 1. The summed E-state index contributed by atoms with van der Waals surface area (Å²) in [6, 6.07) is 1.73. The van der Waals surface area contributed by atoms with Crippen LogP contribution in [0.1, 0.15) is 30.1 Å². The first-order valence-corrected chi connectivity index (χ1v) is 6.31. The van der Waals surface area contributed by atoms with E-state index in [0.717, 1.165) is 19.4 Å². The van der Waals surface area contributed by atoms with Gasteiger partial charge in [0.2, 0.25) is 0 Å². The van der Waals surface area contributed by atoms with Crippen molar-refractivity contribution < 1.29 is 14.6 Å². The lowest BCUT2D eigenvalue weighted by atomic mass is 10.0. The summed E-state index contributed by atoms with van der Waals surface area (Å²) < 4.78 is 5.37. The van der Waals surface area contributed by atoms with Crippen molar-refractivity contribution in [3.63, 3.8) is 0 Å². The number of carbonyl (C=O) groups is 1. The van der Waals surface area contributed by atoms with E-state index < -0.39 is 5.97 Å². The molecule has 1 aromatic heterocycles. The molecule has 104 valence electrons. The molecule has 6 nitrogen and oxygen atoms in total. The van der Waals surface area contributed by atoms with Gasteiger partial charge in [0.05, 0.1) is 17.4 Å². The molecule has 1 aliphatic heterocycles. The monoisotopic (exact) mass is 265 g/mol. The zero-order chi connectivity index (χ0) is 14.0. The van der Waals surface area contributed by atoms with Gasteiger partial charge in [-0.15, -0.1) is 0 Å². The third-order valence-electron chi connectivity index (χ3n) is 3.58. The van der Waals surface area contributed by atoms with Gasteiger partial charge in [0.1, 0.15) is 0 Å². The van der Waals surface area contributed by atoms with Gasteiger partial charge >= 0.3 is 5.97 Å². The third kappa shape index (κ3) is 2.78. The fourth-order valence-corrected chi connectivity index (χ4v) is 2.49. The molecule has 0 aliphatic carbocycles. The van der Waals surface area contributed by atoms with Crippen LogP contribution in [0.25, 0.3) is 0 Å². The number of carboxylic acids is 1. The zero-order valence-corrected chi connectivity index (χ0v) is 11.2. The summed E-state index contributed by atoms with van der Waals surface area (Å²) in [7, 11) is 1.72. The van der Waals surface area contributed by atoms with Gasteiger partial charge in [-0.3, -0.25) is 0 Å². The second kappa shape index (κ2) is 5.44. The summed E-state index contributed by atoms with van der Waals surface area (Å²) in [6.45, 7) is 2.90. The minimum absolute atomic E-state index is 0.112. The second-order valence-corrected chi connectivity index (χ2v) is 4.87. The number of anilines is 2. The van der Waals surface area contributed by atoms with E-state index in [0.29, 0.717) is 11.5 Å². The number of rotatable bonds is 3. The van der Waals surface area contributed by atoms with E-state index in [1.807, 2.05) is 0 Å². The molecule has 6 heteroatoms. The lowest BCUT2D eigenvalue weighted by Gasteiger charge is -2.38. The Morgan fingerprint density at radius 3 is 2.89 bits per heavy atom. The van der Waals surface area contributed by atoms with Crippen molar-refractivity contribution in [2.45, 2.75) is 31.9 Å². The Hall–Kier alpha value is -1.82. The summed E-state index contributed by atoms with van der Waals surface area (Å²) in [6.07, 6.45) is 3.45. The number of pyridine rings is 1. The molecule has 2 rings (SSSR count). The fraction of sp³-hybridized carbons (Fsp3) is 0.538. The van der Waals surface area contributed by atoms with Gasteiger partial charge in [-0.25, -0.2) is 9.78 Å². The molecule has 0 bridgehead atoms. The molecule has 0 saturated carbocycles. The van der Waals surface area contributed by atoms with Crippen molar-refractivity contribution in [2.24, 2.45) is 0 Å². The number of methoxy groups -OCH3 is 1. The number of nitrogens with zero attached hydrogens (tertiary/aromatic N) is 2. The van der Waals surface area contributed by atoms with Crippen LogP contribution in [0.2, 0.25) is 0 Å². The van der Waals surface area contributed by atoms with E-state index in [-0.39, 0.29) is 17.7 Å². The first-order chi connectivity index (χ1) is 9.02. The largest absolute Gasteiger partial charge is 0.478 e. The smallest absolute Gasteiger partial charge is 0.337 e. The van der Waals surface area contributed by atoms with E-state index in [9.17, 15) is 4.79 Å². The molecule has 2 atom stereocenters. The summed E-state index contributed by atoms with van der Waals surface area (Å²) in [5.41, 5.74) is 6.44. The number of ether oxygens (including phenoxy) is 1. The maximum Gasteiger partial charge on any atom is 0.337 e. The summed E-state index contributed by atoms with van der Waals surface area (Å²) in [5.74, 6) is -0.357. The molecule has 2 heterocycles. The van der Waals surface area contributed by atoms with Crippen LogP contribution in [-0.4, -0.2) is 41.9 Å². The fourth-order valence-electron chi connectivity index (χ4n) is 2.49. The van der Waals surface area contributed by atoms with Crippen LogP contribution in [0.15, 0.2) is 12.3 Å². The molecule has 1 fully saturated rings. The molecule has 19 heavy (non-hydrogen) atoms. The number of hydrogen-bond acceptors (Lipinski definition) is 5. The van der Waals surface area contributed by atoms with Crippen LogP contribution < -0.4 is 10.6 Å². The van der Waals surface area contributed by atoms with E-state index in [1.54, 1.807) is 7.11 Å². The van der Waals surface area contributed by atoms with E-state index in [2.05, 4.69) is 16.8 Å². The van der Waals surface area contributed by atoms with Crippen LogP contribution in [0.4, 0.5) is 11.5 Å². The molecule has 1 aliphatic rings. The molecule has 0 radical (unpaired) electrons. The van der Waals surface area contributed by atoms with E-state index in [4.69, 9.17) is 15.6 Å². The highest BCUT2D eigenvalue weighted by Crippen LogP contribution is 2.28. The van der Waals surface area contributed by atoms with Gasteiger partial charge in [0, 0.05) is 25.9 Å². The van der Waals surface area contributed by atoms with Gasteiger partial charge in [0.15, 0.2) is 5.82 Å². The van der Waals surface area contributed by atoms with Crippen molar-refractivity contribution in [1.82, 2.24) is 4.98 Å². The lowest BCUT2D eigenvalue weighted by Crippen LogP contribution is -2.44. The highest BCUT2D eigenvalue weighted by molar-refractivity contribution is 5.89. The van der Waals surface area contributed by atoms with Crippen LogP contribution in [0, 0.1) is 0 Å². The van der Waals surface area contributed by atoms with Crippen molar-refractivity contribution >= 4 is 17.5 Å². The van der Waals surface area contributed by atoms with Gasteiger partial charge in [0.25, 0.3) is 0 Å². The standard InChI is InChI=1S/C13H19N3O3/c1-8-5-10(19-2)3-4-16(8)12-11(14)6-9(7-15-12)13(17)18/h6-8,10H,3-5,14H2,1-2H3,(H,17,18). The Balaban J connectivity index is 2.20. The number of aromatic nitrogens is 1. The Morgan fingerprint density at radius 1 is 1.63 bits per heavy atom. The molecule has 2 unspecified atom stereocenters. The molecular formula is C13H19N3O3. The Labute approximate surface area is 112 Å². The van der Waals surface area contributed by atoms with E-state index in [1.165, 1.54) is 12.3 Å². The van der Waals surface area contributed by atoms with Crippen molar-refractivity contribution in [3.05, 3.63) is 17.8 Å². The van der Waals surface area contributed by atoms with Gasteiger partial charge < -0.3 is 20.5 Å². The quantitative estimate of drug-likeness (QED) is 0.858. The second-order valence-electron chi connectivity index (χ2n) is 4.87. The molecule has 1 saturated heterocycles. The third-order valence-corrected chi connectivity index (χ3v) is 3.58. The number of carboxylic acid groups (broad SMARTS) is 1. The number of nitrogen functional groups attached to an aromatic ring is 1. The highest BCUT2D eigenvalue weighted by atomic mass is 16.5.